The Morgan fingerprint density at radius 3 is 2.84 bits per heavy atom. The van der Waals surface area contributed by atoms with Crippen molar-refractivity contribution in [2.24, 2.45) is 0 Å². The highest BCUT2D eigenvalue weighted by molar-refractivity contribution is 9.10. The highest BCUT2D eigenvalue weighted by Gasteiger charge is 2.29. The number of ether oxygens (including phenoxy) is 1. The molecular weight excluding hydrogens is 311 g/mol. The number of halogens is 2. The third-order valence-corrected chi connectivity index (χ3v) is 3.63. The van der Waals surface area contributed by atoms with Crippen molar-refractivity contribution in [3.8, 4) is 5.75 Å². The molecule has 0 amide bonds. The van der Waals surface area contributed by atoms with E-state index < -0.39 is 6.10 Å². The van der Waals surface area contributed by atoms with E-state index in [1.54, 1.807) is 36.4 Å². The van der Waals surface area contributed by atoms with Crippen LogP contribution in [-0.4, -0.2) is 5.78 Å². The lowest BCUT2D eigenvalue weighted by atomic mass is 9.96. The fourth-order valence-corrected chi connectivity index (χ4v) is 2.59. The van der Waals surface area contributed by atoms with Crippen molar-refractivity contribution in [3.05, 3.63) is 63.9 Å². The van der Waals surface area contributed by atoms with Crippen LogP contribution in [0.5, 0.6) is 5.75 Å². The fourth-order valence-electron chi connectivity index (χ4n) is 2.21. The van der Waals surface area contributed by atoms with Gasteiger partial charge in [0.15, 0.2) is 5.78 Å². The number of para-hydroxylation sites is 1. The zero-order chi connectivity index (χ0) is 13.4. The van der Waals surface area contributed by atoms with E-state index in [1.807, 2.05) is 0 Å². The summed E-state index contributed by atoms with van der Waals surface area (Å²) in [6.45, 7) is 0. The van der Waals surface area contributed by atoms with Crippen molar-refractivity contribution in [2.45, 2.75) is 12.5 Å². The van der Waals surface area contributed by atoms with Crippen LogP contribution in [0.3, 0.4) is 0 Å². The van der Waals surface area contributed by atoms with Gasteiger partial charge in [0, 0.05) is 10.0 Å². The van der Waals surface area contributed by atoms with Gasteiger partial charge in [0.1, 0.15) is 17.7 Å². The SMILES string of the molecule is O=C1CC(c2cc(Br)ccc2F)Oc2ccccc21. The number of carbonyl (C=O) groups is 1. The first kappa shape index (κ1) is 12.4. The zero-order valence-corrected chi connectivity index (χ0v) is 11.5. The lowest BCUT2D eigenvalue weighted by Gasteiger charge is -2.25. The molecule has 0 spiro atoms. The molecule has 3 rings (SSSR count). The normalized spacial score (nSPS) is 17.8. The smallest absolute Gasteiger partial charge is 0.170 e. The second-order valence-corrected chi connectivity index (χ2v) is 5.31. The Morgan fingerprint density at radius 2 is 2.00 bits per heavy atom. The molecule has 1 aliphatic rings. The molecule has 2 aromatic rings. The second-order valence-electron chi connectivity index (χ2n) is 4.40. The molecule has 4 heteroatoms. The summed E-state index contributed by atoms with van der Waals surface area (Å²) in [5.41, 5.74) is 0.964. The Hall–Kier alpha value is -1.68. The number of hydrogen-bond acceptors (Lipinski definition) is 2. The van der Waals surface area contributed by atoms with Crippen LogP contribution >= 0.6 is 15.9 Å². The van der Waals surface area contributed by atoms with Crippen LogP contribution in [-0.2, 0) is 0 Å². The maximum atomic E-state index is 13.8. The summed E-state index contributed by atoms with van der Waals surface area (Å²) >= 11 is 3.30. The summed E-state index contributed by atoms with van der Waals surface area (Å²) in [6, 6.07) is 11.7. The van der Waals surface area contributed by atoms with Crippen LogP contribution in [0.4, 0.5) is 4.39 Å². The standard InChI is InChI=1S/C15H10BrFO2/c16-9-5-6-12(17)11(7-9)15-8-13(18)10-3-1-2-4-14(10)19-15/h1-7,15H,8H2. The largest absolute Gasteiger partial charge is 0.484 e. The average Bonchev–Trinajstić information content (AvgIpc) is 2.41. The summed E-state index contributed by atoms with van der Waals surface area (Å²) in [5.74, 6) is 0.134. The molecular formula is C15H10BrFO2. The molecule has 19 heavy (non-hydrogen) atoms. The minimum Gasteiger partial charge on any atom is -0.484 e. The van der Waals surface area contributed by atoms with E-state index in [2.05, 4.69) is 15.9 Å². The zero-order valence-electron chi connectivity index (χ0n) is 9.90. The van der Waals surface area contributed by atoms with Crippen LogP contribution in [0.2, 0.25) is 0 Å². The van der Waals surface area contributed by atoms with Gasteiger partial charge in [-0.25, -0.2) is 4.39 Å². The van der Waals surface area contributed by atoms with Gasteiger partial charge >= 0.3 is 0 Å². The molecule has 0 N–H and O–H groups in total. The predicted molar refractivity (Wildman–Crippen MR) is 72.9 cm³/mol. The number of rotatable bonds is 1. The van der Waals surface area contributed by atoms with E-state index >= 15 is 0 Å². The molecule has 0 saturated heterocycles. The maximum Gasteiger partial charge on any atom is 0.170 e. The summed E-state index contributed by atoms with van der Waals surface area (Å²) < 4.78 is 20.4. The minimum absolute atomic E-state index is 0.0220. The number of Topliss-reactive ketones (excluding diaryl/α,β-unsaturated/α-hetero) is 1. The number of ketones is 1. The fraction of sp³-hybridized carbons (Fsp3) is 0.133. The van der Waals surface area contributed by atoms with Crippen molar-refractivity contribution in [2.75, 3.05) is 0 Å². The van der Waals surface area contributed by atoms with E-state index in [4.69, 9.17) is 4.74 Å². The van der Waals surface area contributed by atoms with Gasteiger partial charge in [0.05, 0.1) is 12.0 Å². The van der Waals surface area contributed by atoms with Crippen LogP contribution in [0.25, 0.3) is 0 Å². The average molecular weight is 321 g/mol. The van der Waals surface area contributed by atoms with Gasteiger partial charge in [-0.3, -0.25) is 4.79 Å². The molecule has 0 fully saturated rings. The van der Waals surface area contributed by atoms with Gasteiger partial charge in [-0.15, -0.1) is 0 Å². The van der Waals surface area contributed by atoms with Crippen molar-refractivity contribution >= 4 is 21.7 Å². The van der Waals surface area contributed by atoms with Crippen LogP contribution in [0.1, 0.15) is 28.4 Å². The van der Waals surface area contributed by atoms with Crippen molar-refractivity contribution in [3.63, 3.8) is 0 Å². The van der Waals surface area contributed by atoms with Gasteiger partial charge < -0.3 is 4.74 Å². The number of hydrogen-bond donors (Lipinski definition) is 0. The molecule has 0 bridgehead atoms. The highest BCUT2D eigenvalue weighted by Crippen LogP contribution is 2.36. The topological polar surface area (TPSA) is 26.3 Å². The molecule has 1 unspecified atom stereocenters. The Kier molecular flexibility index (Phi) is 3.11. The first-order chi connectivity index (χ1) is 9.15. The molecule has 0 aliphatic carbocycles. The Labute approximate surface area is 118 Å². The molecule has 1 heterocycles. The molecule has 96 valence electrons. The minimum atomic E-state index is -0.570. The Balaban J connectivity index is 2.01. The second kappa shape index (κ2) is 4.78. The van der Waals surface area contributed by atoms with E-state index in [1.165, 1.54) is 6.07 Å². The van der Waals surface area contributed by atoms with E-state index in [0.717, 1.165) is 4.47 Å². The maximum absolute atomic E-state index is 13.8. The molecule has 1 aliphatic heterocycles. The summed E-state index contributed by atoms with van der Waals surface area (Å²) in [6.07, 6.45) is -0.412. The predicted octanol–water partition coefficient (Wildman–Crippen LogP) is 4.29. The highest BCUT2D eigenvalue weighted by atomic mass is 79.9. The van der Waals surface area contributed by atoms with Gasteiger partial charge in [-0.1, -0.05) is 28.1 Å². The number of benzene rings is 2. The Bertz CT molecular complexity index is 654. The van der Waals surface area contributed by atoms with E-state index in [-0.39, 0.29) is 18.0 Å². The van der Waals surface area contributed by atoms with Crippen molar-refractivity contribution in [1.29, 1.82) is 0 Å². The summed E-state index contributed by atoms with van der Waals surface area (Å²) in [5, 5.41) is 0. The number of carbonyl (C=O) groups excluding carboxylic acids is 1. The molecule has 0 radical (unpaired) electrons. The van der Waals surface area contributed by atoms with Gasteiger partial charge in [0.25, 0.3) is 0 Å². The third-order valence-electron chi connectivity index (χ3n) is 3.13. The molecule has 1 atom stereocenters. The monoisotopic (exact) mass is 320 g/mol. The molecule has 2 nitrogen and oxygen atoms in total. The van der Waals surface area contributed by atoms with Gasteiger partial charge in [0.2, 0.25) is 0 Å². The van der Waals surface area contributed by atoms with Gasteiger partial charge in [-0.2, -0.15) is 0 Å². The molecule has 0 saturated carbocycles. The first-order valence-electron chi connectivity index (χ1n) is 5.89. The molecule has 2 aromatic carbocycles. The van der Waals surface area contributed by atoms with Crippen molar-refractivity contribution in [1.82, 2.24) is 0 Å². The third kappa shape index (κ3) is 2.28. The van der Waals surface area contributed by atoms with E-state index in [9.17, 15) is 9.18 Å². The molecule has 0 aromatic heterocycles. The number of fused-ring (bicyclic) bond motifs is 1. The lowest BCUT2D eigenvalue weighted by Crippen LogP contribution is -2.21. The quantitative estimate of drug-likeness (QED) is 0.783. The lowest BCUT2D eigenvalue weighted by molar-refractivity contribution is 0.0846. The van der Waals surface area contributed by atoms with E-state index in [0.29, 0.717) is 16.9 Å². The van der Waals surface area contributed by atoms with Crippen molar-refractivity contribution < 1.29 is 13.9 Å². The van der Waals surface area contributed by atoms with Gasteiger partial charge in [-0.05, 0) is 30.3 Å². The summed E-state index contributed by atoms with van der Waals surface area (Å²) in [7, 11) is 0. The van der Waals surface area contributed by atoms with Crippen LogP contribution in [0, 0.1) is 5.82 Å². The Morgan fingerprint density at radius 1 is 1.21 bits per heavy atom. The summed E-state index contributed by atoms with van der Waals surface area (Å²) in [4.78, 5) is 12.1. The van der Waals surface area contributed by atoms with Crippen LogP contribution in [0.15, 0.2) is 46.9 Å². The first-order valence-corrected chi connectivity index (χ1v) is 6.68. The van der Waals surface area contributed by atoms with Crippen LogP contribution < -0.4 is 4.74 Å².